The second-order valence-corrected chi connectivity index (χ2v) is 4.66. The summed E-state index contributed by atoms with van der Waals surface area (Å²) in [5.74, 6) is 0.195. The summed E-state index contributed by atoms with van der Waals surface area (Å²) in [5.41, 5.74) is 1.74. The van der Waals surface area contributed by atoms with Gasteiger partial charge in [-0.2, -0.15) is 0 Å². The van der Waals surface area contributed by atoms with Crippen LogP contribution in [-0.4, -0.2) is 4.98 Å². The molecule has 0 saturated heterocycles. The van der Waals surface area contributed by atoms with Crippen LogP contribution in [0.25, 0.3) is 0 Å². The molecule has 0 fully saturated rings. The van der Waals surface area contributed by atoms with Gasteiger partial charge >= 0.3 is 0 Å². The van der Waals surface area contributed by atoms with Gasteiger partial charge in [-0.15, -0.1) is 11.3 Å². The summed E-state index contributed by atoms with van der Waals surface area (Å²) in [6.45, 7) is 0.422. The van der Waals surface area contributed by atoms with Crippen molar-refractivity contribution in [3.05, 3.63) is 45.1 Å². The van der Waals surface area contributed by atoms with E-state index in [1.54, 1.807) is 23.8 Å². The van der Waals surface area contributed by atoms with Gasteiger partial charge in [0, 0.05) is 12.3 Å². The van der Waals surface area contributed by atoms with Gasteiger partial charge in [-0.05, 0) is 28.1 Å². The standard InChI is InChI=1S/C10H7BrFNOS/c11-9-2-1-7(3-10(9)12)14-5-8-4-13-6-15-8/h1-4,6H,5H2. The zero-order valence-electron chi connectivity index (χ0n) is 7.61. The molecule has 0 radical (unpaired) electrons. The Bertz CT molecular complexity index is 447. The number of rotatable bonds is 3. The van der Waals surface area contributed by atoms with Crippen molar-refractivity contribution in [2.24, 2.45) is 0 Å². The molecule has 0 spiro atoms. The van der Waals surface area contributed by atoms with Crippen molar-refractivity contribution in [1.29, 1.82) is 0 Å². The second kappa shape index (κ2) is 4.72. The van der Waals surface area contributed by atoms with Crippen LogP contribution < -0.4 is 4.74 Å². The third-order valence-electron chi connectivity index (χ3n) is 1.76. The van der Waals surface area contributed by atoms with Gasteiger partial charge in [0.15, 0.2) is 0 Å². The van der Waals surface area contributed by atoms with Crippen LogP contribution in [0, 0.1) is 5.82 Å². The summed E-state index contributed by atoms with van der Waals surface area (Å²) < 4.78 is 18.9. The lowest BCUT2D eigenvalue weighted by Crippen LogP contribution is -1.93. The molecule has 0 amide bonds. The van der Waals surface area contributed by atoms with Gasteiger partial charge in [0.2, 0.25) is 0 Å². The average Bonchev–Trinajstić information content (AvgIpc) is 2.73. The molecular formula is C10H7BrFNOS. The third-order valence-corrected chi connectivity index (χ3v) is 3.15. The number of aromatic nitrogens is 1. The Kier molecular flexibility index (Phi) is 3.33. The van der Waals surface area contributed by atoms with Gasteiger partial charge in [-0.3, -0.25) is 4.98 Å². The van der Waals surface area contributed by atoms with Crippen molar-refractivity contribution < 1.29 is 9.13 Å². The van der Waals surface area contributed by atoms with Crippen LogP contribution in [0.5, 0.6) is 5.75 Å². The van der Waals surface area contributed by atoms with Crippen molar-refractivity contribution in [3.8, 4) is 5.75 Å². The zero-order chi connectivity index (χ0) is 10.7. The fourth-order valence-corrected chi connectivity index (χ4v) is 1.79. The van der Waals surface area contributed by atoms with Gasteiger partial charge in [-0.25, -0.2) is 4.39 Å². The predicted octanol–water partition coefficient (Wildman–Crippen LogP) is 3.62. The van der Waals surface area contributed by atoms with Gasteiger partial charge in [-0.1, -0.05) is 0 Å². The minimum absolute atomic E-state index is 0.322. The van der Waals surface area contributed by atoms with Crippen molar-refractivity contribution in [2.45, 2.75) is 6.61 Å². The highest BCUT2D eigenvalue weighted by atomic mass is 79.9. The number of benzene rings is 1. The van der Waals surface area contributed by atoms with Crippen molar-refractivity contribution in [3.63, 3.8) is 0 Å². The lowest BCUT2D eigenvalue weighted by atomic mass is 10.3. The Morgan fingerprint density at radius 1 is 1.47 bits per heavy atom. The van der Waals surface area contributed by atoms with Crippen LogP contribution in [0.2, 0.25) is 0 Å². The molecule has 2 nitrogen and oxygen atoms in total. The normalized spacial score (nSPS) is 10.3. The van der Waals surface area contributed by atoms with E-state index in [4.69, 9.17) is 4.74 Å². The van der Waals surface area contributed by atoms with E-state index in [-0.39, 0.29) is 5.82 Å². The summed E-state index contributed by atoms with van der Waals surface area (Å²) in [7, 11) is 0. The first kappa shape index (κ1) is 10.6. The molecule has 0 bridgehead atoms. The maximum atomic E-state index is 13.1. The van der Waals surface area contributed by atoms with Crippen molar-refractivity contribution >= 4 is 27.3 Å². The molecule has 0 saturated carbocycles. The van der Waals surface area contributed by atoms with Gasteiger partial charge in [0.1, 0.15) is 18.2 Å². The number of hydrogen-bond donors (Lipinski definition) is 0. The second-order valence-electron chi connectivity index (χ2n) is 2.83. The van der Waals surface area contributed by atoms with E-state index >= 15 is 0 Å². The number of hydrogen-bond acceptors (Lipinski definition) is 3. The number of thiazole rings is 1. The Morgan fingerprint density at radius 3 is 3.00 bits per heavy atom. The first-order valence-corrected chi connectivity index (χ1v) is 5.88. The van der Waals surface area contributed by atoms with E-state index in [0.717, 1.165) is 4.88 Å². The van der Waals surface area contributed by atoms with Crippen LogP contribution in [-0.2, 0) is 6.61 Å². The van der Waals surface area contributed by atoms with Crippen LogP contribution in [0.4, 0.5) is 4.39 Å². The molecule has 5 heteroatoms. The lowest BCUT2D eigenvalue weighted by molar-refractivity contribution is 0.308. The highest BCUT2D eigenvalue weighted by molar-refractivity contribution is 9.10. The minimum atomic E-state index is -0.322. The molecule has 2 aromatic rings. The maximum absolute atomic E-state index is 13.1. The van der Waals surface area contributed by atoms with Crippen molar-refractivity contribution in [2.75, 3.05) is 0 Å². The molecular weight excluding hydrogens is 281 g/mol. The Labute approximate surface area is 98.9 Å². The minimum Gasteiger partial charge on any atom is -0.488 e. The molecule has 1 aromatic heterocycles. The number of ether oxygens (including phenoxy) is 1. The Hall–Kier alpha value is -0.940. The summed E-state index contributed by atoms with van der Waals surface area (Å²) in [4.78, 5) is 4.94. The molecule has 78 valence electrons. The largest absolute Gasteiger partial charge is 0.488 e. The predicted molar refractivity (Wildman–Crippen MR) is 60.5 cm³/mol. The zero-order valence-corrected chi connectivity index (χ0v) is 10.0. The molecule has 0 N–H and O–H groups in total. The summed E-state index contributed by atoms with van der Waals surface area (Å²) in [6, 6.07) is 4.69. The quantitative estimate of drug-likeness (QED) is 0.860. The first-order chi connectivity index (χ1) is 7.25. The Balaban J connectivity index is 2.02. The van der Waals surface area contributed by atoms with E-state index < -0.39 is 0 Å². The fraction of sp³-hybridized carbons (Fsp3) is 0.100. The summed E-state index contributed by atoms with van der Waals surface area (Å²) >= 11 is 4.59. The molecule has 1 aromatic carbocycles. The van der Waals surface area contributed by atoms with Crippen LogP contribution >= 0.6 is 27.3 Å². The van der Waals surface area contributed by atoms with Gasteiger partial charge in [0.05, 0.1) is 14.9 Å². The van der Waals surface area contributed by atoms with E-state index in [0.29, 0.717) is 16.8 Å². The highest BCUT2D eigenvalue weighted by Gasteiger charge is 2.02. The molecule has 0 aliphatic carbocycles. The van der Waals surface area contributed by atoms with Gasteiger partial charge < -0.3 is 4.74 Å². The Morgan fingerprint density at radius 2 is 2.33 bits per heavy atom. The lowest BCUT2D eigenvalue weighted by Gasteiger charge is -2.04. The number of nitrogens with zero attached hydrogens (tertiary/aromatic N) is 1. The summed E-state index contributed by atoms with van der Waals surface area (Å²) in [6.07, 6.45) is 1.74. The van der Waals surface area contributed by atoms with Crippen LogP contribution in [0.3, 0.4) is 0 Å². The molecule has 0 aliphatic heterocycles. The molecule has 0 unspecified atom stereocenters. The monoisotopic (exact) mass is 287 g/mol. The van der Waals surface area contributed by atoms with Gasteiger partial charge in [0.25, 0.3) is 0 Å². The molecule has 0 aliphatic rings. The smallest absolute Gasteiger partial charge is 0.141 e. The van der Waals surface area contributed by atoms with Crippen LogP contribution in [0.15, 0.2) is 34.4 Å². The molecule has 1 heterocycles. The van der Waals surface area contributed by atoms with E-state index in [2.05, 4.69) is 20.9 Å². The number of halogens is 2. The molecule has 2 rings (SSSR count). The maximum Gasteiger partial charge on any atom is 0.141 e. The fourth-order valence-electron chi connectivity index (χ4n) is 1.03. The first-order valence-electron chi connectivity index (χ1n) is 4.21. The van der Waals surface area contributed by atoms with Crippen LogP contribution in [0.1, 0.15) is 4.88 Å². The molecule has 15 heavy (non-hydrogen) atoms. The summed E-state index contributed by atoms with van der Waals surface area (Å²) in [5, 5.41) is 0. The highest BCUT2D eigenvalue weighted by Crippen LogP contribution is 2.21. The third kappa shape index (κ3) is 2.76. The SMILES string of the molecule is Fc1cc(OCc2cncs2)ccc1Br. The van der Waals surface area contributed by atoms with E-state index in [9.17, 15) is 4.39 Å². The average molecular weight is 288 g/mol. The van der Waals surface area contributed by atoms with E-state index in [1.807, 2.05) is 0 Å². The topological polar surface area (TPSA) is 22.1 Å². The van der Waals surface area contributed by atoms with Crippen molar-refractivity contribution in [1.82, 2.24) is 4.98 Å². The van der Waals surface area contributed by atoms with E-state index in [1.165, 1.54) is 17.4 Å². The molecule has 0 atom stereocenters.